The number of benzene rings is 1. The highest BCUT2D eigenvalue weighted by atomic mass is 19.4. The molecule has 2 rings (SSSR count). The minimum atomic E-state index is -4.65. The summed E-state index contributed by atoms with van der Waals surface area (Å²) in [4.78, 5) is 37.1. The Bertz CT molecular complexity index is 683. The van der Waals surface area contributed by atoms with Crippen molar-refractivity contribution in [1.82, 2.24) is 4.90 Å². The molecular weight excluding hydrogens is 353 g/mol. The van der Waals surface area contributed by atoms with E-state index in [1.807, 2.05) is 5.32 Å². The molecule has 6 nitrogen and oxygen atoms in total. The van der Waals surface area contributed by atoms with E-state index in [0.29, 0.717) is 12.8 Å². The normalized spacial score (nSPS) is 15.5. The second-order valence-electron chi connectivity index (χ2n) is 5.82. The van der Waals surface area contributed by atoms with Gasteiger partial charge in [-0.25, -0.2) is 0 Å². The maximum Gasteiger partial charge on any atom is 0.418 e. The fraction of sp³-hybridized carbons (Fsp3) is 0.471. The number of halogens is 3. The van der Waals surface area contributed by atoms with Crippen LogP contribution >= 0.6 is 0 Å². The Morgan fingerprint density at radius 2 is 1.81 bits per heavy atom. The molecule has 0 radical (unpaired) electrons. The second kappa shape index (κ2) is 8.20. The molecule has 1 aliphatic rings. The lowest BCUT2D eigenvalue weighted by molar-refractivity contribution is -0.152. The Morgan fingerprint density at radius 3 is 2.38 bits per heavy atom. The van der Waals surface area contributed by atoms with Crippen molar-refractivity contribution in [2.75, 3.05) is 25.0 Å². The van der Waals surface area contributed by atoms with E-state index in [2.05, 4.69) is 0 Å². The van der Waals surface area contributed by atoms with Crippen molar-refractivity contribution < 1.29 is 32.3 Å². The number of nitrogens with zero attached hydrogens (tertiary/aromatic N) is 1. The number of para-hydroxylation sites is 1. The molecule has 0 saturated carbocycles. The van der Waals surface area contributed by atoms with Gasteiger partial charge in [0.15, 0.2) is 0 Å². The molecule has 26 heavy (non-hydrogen) atoms. The van der Waals surface area contributed by atoms with E-state index in [1.54, 1.807) is 6.92 Å². The first-order valence-corrected chi connectivity index (χ1v) is 8.17. The predicted molar refractivity (Wildman–Crippen MR) is 86.0 cm³/mol. The number of piperidine rings is 1. The molecule has 0 aliphatic carbocycles. The van der Waals surface area contributed by atoms with Crippen molar-refractivity contribution in [2.45, 2.75) is 25.9 Å². The van der Waals surface area contributed by atoms with Gasteiger partial charge in [0.25, 0.3) is 0 Å². The number of carbonyl (C=O) groups excluding carboxylic acids is 3. The first-order chi connectivity index (χ1) is 12.2. The summed E-state index contributed by atoms with van der Waals surface area (Å²) in [7, 11) is 0. The summed E-state index contributed by atoms with van der Waals surface area (Å²) in [6.07, 6.45) is -3.96. The smallest absolute Gasteiger partial charge is 0.418 e. The van der Waals surface area contributed by atoms with Crippen molar-refractivity contribution in [3.05, 3.63) is 29.8 Å². The molecule has 1 saturated heterocycles. The minimum Gasteiger partial charge on any atom is -0.466 e. The summed E-state index contributed by atoms with van der Waals surface area (Å²) in [5.41, 5.74) is -1.50. The molecule has 0 atom stereocenters. The van der Waals surface area contributed by atoms with Gasteiger partial charge in [-0.2, -0.15) is 13.2 Å². The Balaban J connectivity index is 1.98. The Labute approximate surface area is 148 Å². The first kappa shape index (κ1) is 19.7. The molecule has 1 N–H and O–H groups in total. The zero-order valence-electron chi connectivity index (χ0n) is 14.1. The summed E-state index contributed by atoms with van der Waals surface area (Å²) in [5, 5.41) is 2.03. The number of hydrogen-bond acceptors (Lipinski definition) is 4. The number of rotatable bonds is 3. The van der Waals surface area contributed by atoms with Gasteiger partial charge in [-0.15, -0.1) is 0 Å². The quantitative estimate of drug-likeness (QED) is 0.653. The Hall–Kier alpha value is -2.58. The molecule has 1 heterocycles. The van der Waals surface area contributed by atoms with Crippen LogP contribution in [0.25, 0.3) is 0 Å². The molecule has 0 aromatic heterocycles. The molecule has 1 aromatic rings. The zero-order chi connectivity index (χ0) is 19.3. The average Bonchev–Trinajstić information content (AvgIpc) is 2.61. The van der Waals surface area contributed by atoms with Crippen LogP contribution in [0.1, 0.15) is 25.3 Å². The maximum absolute atomic E-state index is 12.9. The van der Waals surface area contributed by atoms with Gasteiger partial charge in [0.05, 0.1) is 23.8 Å². The van der Waals surface area contributed by atoms with E-state index in [1.165, 1.54) is 17.0 Å². The third-order valence-corrected chi connectivity index (χ3v) is 4.08. The van der Waals surface area contributed by atoms with Gasteiger partial charge in [0, 0.05) is 13.1 Å². The molecule has 0 unspecified atom stereocenters. The molecule has 1 aromatic carbocycles. The number of hydrogen-bond donors (Lipinski definition) is 1. The summed E-state index contributed by atoms with van der Waals surface area (Å²) < 4.78 is 43.8. The fourth-order valence-corrected chi connectivity index (χ4v) is 2.74. The van der Waals surface area contributed by atoms with Crippen LogP contribution in [-0.4, -0.2) is 42.4 Å². The lowest BCUT2D eigenvalue weighted by atomic mass is 9.97. The Kier molecular flexibility index (Phi) is 6.23. The van der Waals surface area contributed by atoms with Gasteiger partial charge in [0.2, 0.25) is 0 Å². The topological polar surface area (TPSA) is 75.7 Å². The summed E-state index contributed by atoms with van der Waals surface area (Å²) in [6, 6.07) is 4.44. The molecule has 0 spiro atoms. The molecule has 0 bridgehead atoms. The van der Waals surface area contributed by atoms with Crippen molar-refractivity contribution in [1.29, 1.82) is 0 Å². The maximum atomic E-state index is 12.9. The van der Waals surface area contributed by atoms with Crippen LogP contribution in [0, 0.1) is 5.92 Å². The summed E-state index contributed by atoms with van der Waals surface area (Å²) in [5.74, 6) is -2.75. The van der Waals surface area contributed by atoms with Crippen LogP contribution in [-0.2, 0) is 25.3 Å². The average molecular weight is 372 g/mol. The third-order valence-electron chi connectivity index (χ3n) is 4.08. The lowest BCUT2D eigenvalue weighted by Crippen LogP contribution is -2.45. The number of anilines is 1. The molecule has 1 aliphatic heterocycles. The summed E-state index contributed by atoms with van der Waals surface area (Å²) >= 11 is 0. The lowest BCUT2D eigenvalue weighted by Gasteiger charge is -2.30. The predicted octanol–water partition coefficient (Wildman–Crippen LogP) is 2.45. The van der Waals surface area contributed by atoms with E-state index in [4.69, 9.17) is 4.74 Å². The van der Waals surface area contributed by atoms with Crippen molar-refractivity contribution in [3.63, 3.8) is 0 Å². The van der Waals surface area contributed by atoms with E-state index in [0.717, 1.165) is 12.1 Å². The van der Waals surface area contributed by atoms with Crippen LogP contribution in [0.4, 0.5) is 18.9 Å². The first-order valence-electron chi connectivity index (χ1n) is 8.17. The number of alkyl halides is 3. The van der Waals surface area contributed by atoms with Crippen LogP contribution in [0.15, 0.2) is 24.3 Å². The van der Waals surface area contributed by atoms with Crippen LogP contribution in [0.2, 0.25) is 0 Å². The SMILES string of the molecule is CCOC(=O)C1CCN(C(=O)C(=O)Nc2ccccc2C(F)(F)F)CC1. The number of esters is 1. The number of nitrogens with one attached hydrogen (secondary N) is 1. The number of likely N-dealkylation sites (tertiary alicyclic amines) is 1. The van der Waals surface area contributed by atoms with Gasteiger partial charge in [-0.3, -0.25) is 14.4 Å². The highest BCUT2D eigenvalue weighted by Gasteiger charge is 2.35. The minimum absolute atomic E-state index is 0.163. The van der Waals surface area contributed by atoms with E-state index in [-0.39, 0.29) is 31.6 Å². The number of ether oxygens (including phenoxy) is 1. The highest BCUT2D eigenvalue weighted by Crippen LogP contribution is 2.34. The largest absolute Gasteiger partial charge is 0.466 e. The zero-order valence-corrected chi connectivity index (χ0v) is 14.1. The highest BCUT2D eigenvalue weighted by molar-refractivity contribution is 6.39. The molecular formula is C17H19F3N2O4. The van der Waals surface area contributed by atoms with E-state index in [9.17, 15) is 27.6 Å². The Morgan fingerprint density at radius 1 is 1.19 bits per heavy atom. The fourth-order valence-electron chi connectivity index (χ4n) is 2.74. The standard InChI is InChI=1S/C17H19F3N2O4/c1-2-26-16(25)11-7-9-22(10-8-11)15(24)14(23)21-13-6-4-3-5-12(13)17(18,19)20/h3-6,11H,2,7-10H2,1H3,(H,21,23). The van der Waals surface area contributed by atoms with Crippen LogP contribution < -0.4 is 5.32 Å². The van der Waals surface area contributed by atoms with Crippen molar-refractivity contribution in [2.24, 2.45) is 5.92 Å². The van der Waals surface area contributed by atoms with Gasteiger partial charge in [-0.1, -0.05) is 12.1 Å². The third kappa shape index (κ3) is 4.74. The molecule has 1 fully saturated rings. The monoisotopic (exact) mass is 372 g/mol. The molecule has 9 heteroatoms. The molecule has 2 amide bonds. The van der Waals surface area contributed by atoms with Crippen LogP contribution in [0.3, 0.4) is 0 Å². The van der Waals surface area contributed by atoms with Crippen LogP contribution in [0.5, 0.6) is 0 Å². The molecule has 142 valence electrons. The van der Waals surface area contributed by atoms with Crippen molar-refractivity contribution in [3.8, 4) is 0 Å². The van der Waals surface area contributed by atoms with E-state index >= 15 is 0 Å². The number of carbonyl (C=O) groups is 3. The van der Waals surface area contributed by atoms with Gasteiger partial charge in [-0.05, 0) is 31.9 Å². The van der Waals surface area contributed by atoms with E-state index < -0.39 is 29.2 Å². The second-order valence-corrected chi connectivity index (χ2v) is 5.82. The van der Waals surface area contributed by atoms with Crippen molar-refractivity contribution >= 4 is 23.5 Å². The summed E-state index contributed by atoms with van der Waals surface area (Å²) in [6.45, 7) is 2.28. The van der Waals surface area contributed by atoms with Gasteiger partial charge >= 0.3 is 24.0 Å². The van der Waals surface area contributed by atoms with Gasteiger partial charge in [0.1, 0.15) is 0 Å². The van der Waals surface area contributed by atoms with Gasteiger partial charge < -0.3 is 15.0 Å². The number of amides is 2.